The second-order valence-electron chi connectivity index (χ2n) is 4.38. The largest absolute Gasteiger partial charge is 0.342 e. The van der Waals surface area contributed by atoms with E-state index in [1.54, 1.807) is 11.9 Å². The number of halogens is 1. The number of rotatable bonds is 5. The average molecular weight is 264 g/mol. The first-order valence-corrected chi connectivity index (χ1v) is 5.76. The van der Waals surface area contributed by atoms with Crippen molar-refractivity contribution in [1.29, 1.82) is 0 Å². The lowest BCUT2D eigenvalue weighted by Gasteiger charge is -2.24. The zero-order valence-electron chi connectivity index (χ0n) is 10.7. The summed E-state index contributed by atoms with van der Waals surface area (Å²) in [6.07, 6.45) is 1.46. The van der Waals surface area contributed by atoms with Crippen molar-refractivity contribution < 1.29 is 9.59 Å². The number of likely N-dealkylation sites (N-methyl/N-ethyl adjacent to an activating group) is 2. The molecule has 2 amide bonds. The van der Waals surface area contributed by atoms with E-state index in [9.17, 15) is 9.59 Å². The van der Waals surface area contributed by atoms with E-state index in [-0.39, 0.29) is 30.8 Å². The van der Waals surface area contributed by atoms with Gasteiger partial charge in [0.2, 0.25) is 11.8 Å². The molecule has 6 heteroatoms. The van der Waals surface area contributed by atoms with Gasteiger partial charge >= 0.3 is 0 Å². The maximum Gasteiger partial charge on any atom is 0.242 e. The van der Waals surface area contributed by atoms with Crippen molar-refractivity contribution in [2.75, 3.05) is 26.7 Å². The Morgan fingerprint density at radius 2 is 1.71 bits per heavy atom. The van der Waals surface area contributed by atoms with Crippen molar-refractivity contribution in [3.05, 3.63) is 0 Å². The molecule has 0 radical (unpaired) electrons. The Balaban J connectivity index is 0.00000256. The third-order valence-corrected chi connectivity index (χ3v) is 3.05. The van der Waals surface area contributed by atoms with Crippen LogP contribution in [0.2, 0.25) is 0 Å². The molecule has 1 fully saturated rings. The minimum Gasteiger partial charge on any atom is -0.342 e. The summed E-state index contributed by atoms with van der Waals surface area (Å²) in [6.45, 7) is 5.32. The van der Waals surface area contributed by atoms with Crippen LogP contribution in [0.25, 0.3) is 0 Å². The summed E-state index contributed by atoms with van der Waals surface area (Å²) in [4.78, 5) is 26.7. The lowest BCUT2D eigenvalue weighted by atomic mass is 10.2. The highest BCUT2D eigenvalue weighted by Crippen LogP contribution is 2.33. The summed E-state index contributed by atoms with van der Waals surface area (Å²) >= 11 is 0. The molecule has 0 unspecified atom stereocenters. The van der Waals surface area contributed by atoms with Crippen LogP contribution in [-0.2, 0) is 9.59 Å². The molecule has 0 aliphatic heterocycles. The normalized spacial score (nSPS) is 15.8. The summed E-state index contributed by atoms with van der Waals surface area (Å²) in [5.74, 6) is -0.141. The molecular weight excluding hydrogens is 242 g/mol. The number of amides is 2. The smallest absolute Gasteiger partial charge is 0.242 e. The molecule has 0 aromatic rings. The van der Waals surface area contributed by atoms with Gasteiger partial charge in [0.25, 0.3) is 0 Å². The van der Waals surface area contributed by atoms with Gasteiger partial charge in [0.05, 0.1) is 12.1 Å². The Labute approximate surface area is 109 Å². The molecule has 17 heavy (non-hydrogen) atoms. The summed E-state index contributed by atoms with van der Waals surface area (Å²) in [7, 11) is 1.64. The first kappa shape index (κ1) is 16.2. The fourth-order valence-electron chi connectivity index (χ4n) is 1.68. The minimum absolute atomic E-state index is 0. The molecule has 0 saturated heterocycles. The molecule has 1 aliphatic rings. The average Bonchev–Trinajstić information content (AvgIpc) is 2.98. The third kappa shape index (κ3) is 3.85. The lowest BCUT2D eigenvalue weighted by Crippen LogP contribution is -2.48. The van der Waals surface area contributed by atoms with Crippen LogP contribution >= 0.6 is 12.4 Å². The topological polar surface area (TPSA) is 66.6 Å². The van der Waals surface area contributed by atoms with Gasteiger partial charge in [-0.15, -0.1) is 12.4 Å². The fourth-order valence-corrected chi connectivity index (χ4v) is 1.68. The highest BCUT2D eigenvalue weighted by atomic mass is 35.5. The van der Waals surface area contributed by atoms with Crippen LogP contribution in [0, 0.1) is 0 Å². The predicted octanol–water partition coefficient (Wildman–Crippen LogP) is 0.226. The maximum atomic E-state index is 11.8. The van der Waals surface area contributed by atoms with Crippen LogP contribution in [0.5, 0.6) is 0 Å². The molecule has 0 aromatic heterocycles. The molecule has 1 rings (SSSR count). The van der Waals surface area contributed by atoms with Gasteiger partial charge < -0.3 is 15.5 Å². The summed E-state index contributed by atoms with van der Waals surface area (Å²) in [5, 5.41) is 0. The second kappa shape index (κ2) is 6.21. The number of nitrogens with zero attached hydrogens (tertiary/aromatic N) is 2. The van der Waals surface area contributed by atoms with Gasteiger partial charge in [-0.05, 0) is 26.7 Å². The van der Waals surface area contributed by atoms with Crippen LogP contribution in [0.1, 0.15) is 26.7 Å². The number of nitrogens with two attached hydrogens (primary N) is 1. The van der Waals surface area contributed by atoms with Crippen LogP contribution in [0.15, 0.2) is 0 Å². The zero-order chi connectivity index (χ0) is 12.3. The summed E-state index contributed by atoms with van der Waals surface area (Å²) < 4.78 is 0. The third-order valence-electron chi connectivity index (χ3n) is 3.05. The lowest BCUT2D eigenvalue weighted by molar-refractivity contribution is -0.140. The van der Waals surface area contributed by atoms with Gasteiger partial charge in [-0.1, -0.05) is 0 Å². The maximum absolute atomic E-state index is 11.8. The first-order chi connectivity index (χ1) is 7.44. The SMILES string of the molecule is CCN(CC)C(=O)CN(C)C(=O)C1(N)CC1.Cl. The summed E-state index contributed by atoms with van der Waals surface area (Å²) in [5.41, 5.74) is 5.11. The van der Waals surface area contributed by atoms with Gasteiger partial charge in [-0.2, -0.15) is 0 Å². The number of hydrogen-bond donors (Lipinski definition) is 1. The Morgan fingerprint density at radius 3 is 2.06 bits per heavy atom. The van der Waals surface area contributed by atoms with E-state index >= 15 is 0 Å². The predicted molar refractivity (Wildman–Crippen MR) is 69.0 cm³/mol. The van der Waals surface area contributed by atoms with Gasteiger partial charge in [-0.25, -0.2) is 0 Å². The van der Waals surface area contributed by atoms with Crippen LogP contribution in [0.3, 0.4) is 0 Å². The molecule has 0 heterocycles. The fraction of sp³-hybridized carbons (Fsp3) is 0.818. The van der Waals surface area contributed by atoms with E-state index in [0.29, 0.717) is 13.1 Å². The standard InChI is InChI=1S/C11H21N3O2.ClH/c1-4-14(5-2)9(15)8-13(3)10(16)11(12)6-7-11;/h4-8,12H2,1-3H3;1H. The molecule has 0 aromatic carbocycles. The number of carbonyl (C=O) groups excluding carboxylic acids is 2. The van der Waals surface area contributed by atoms with Gasteiger partial charge in [0, 0.05) is 20.1 Å². The van der Waals surface area contributed by atoms with Crippen molar-refractivity contribution in [3.63, 3.8) is 0 Å². The molecule has 0 bridgehead atoms. The molecular formula is C11H22ClN3O2. The molecule has 2 N–H and O–H groups in total. The molecule has 100 valence electrons. The van der Waals surface area contributed by atoms with E-state index in [1.807, 2.05) is 13.8 Å². The molecule has 0 atom stereocenters. The number of hydrogen-bond acceptors (Lipinski definition) is 3. The summed E-state index contributed by atoms with van der Waals surface area (Å²) in [6, 6.07) is 0. The monoisotopic (exact) mass is 263 g/mol. The van der Waals surface area contributed by atoms with Crippen molar-refractivity contribution >= 4 is 24.2 Å². The van der Waals surface area contributed by atoms with Gasteiger partial charge in [0.1, 0.15) is 0 Å². The van der Waals surface area contributed by atoms with E-state index < -0.39 is 5.54 Å². The molecule has 1 aliphatic carbocycles. The Kier molecular flexibility index (Phi) is 5.92. The molecule has 5 nitrogen and oxygen atoms in total. The quantitative estimate of drug-likeness (QED) is 0.772. The Morgan fingerprint density at radius 1 is 1.24 bits per heavy atom. The van der Waals surface area contributed by atoms with E-state index in [1.165, 1.54) is 4.90 Å². The highest BCUT2D eigenvalue weighted by Gasteiger charge is 2.47. The van der Waals surface area contributed by atoms with Crippen molar-refractivity contribution in [1.82, 2.24) is 9.80 Å². The minimum atomic E-state index is -0.682. The van der Waals surface area contributed by atoms with Crippen molar-refractivity contribution in [2.45, 2.75) is 32.2 Å². The zero-order valence-corrected chi connectivity index (χ0v) is 11.5. The van der Waals surface area contributed by atoms with Crippen LogP contribution in [-0.4, -0.2) is 53.8 Å². The highest BCUT2D eigenvalue weighted by molar-refractivity contribution is 5.92. The van der Waals surface area contributed by atoms with E-state index in [4.69, 9.17) is 5.73 Å². The van der Waals surface area contributed by atoms with Crippen LogP contribution < -0.4 is 5.73 Å². The Hall–Kier alpha value is -0.810. The van der Waals surface area contributed by atoms with E-state index in [2.05, 4.69) is 0 Å². The first-order valence-electron chi connectivity index (χ1n) is 5.76. The van der Waals surface area contributed by atoms with E-state index in [0.717, 1.165) is 12.8 Å². The van der Waals surface area contributed by atoms with Gasteiger partial charge in [-0.3, -0.25) is 9.59 Å². The van der Waals surface area contributed by atoms with Gasteiger partial charge in [0.15, 0.2) is 0 Å². The van der Waals surface area contributed by atoms with Crippen molar-refractivity contribution in [3.8, 4) is 0 Å². The second-order valence-corrected chi connectivity index (χ2v) is 4.38. The molecule has 0 spiro atoms. The van der Waals surface area contributed by atoms with Crippen LogP contribution in [0.4, 0.5) is 0 Å². The Bertz CT molecular complexity index is 288. The number of carbonyl (C=O) groups is 2. The van der Waals surface area contributed by atoms with Crippen molar-refractivity contribution in [2.24, 2.45) is 5.73 Å². The molecule has 1 saturated carbocycles.